The predicted octanol–water partition coefficient (Wildman–Crippen LogP) is 4.11. The smallest absolute Gasteiger partial charge is 0.379 e. The second kappa shape index (κ2) is 9.79. The monoisotopic (exact) mass is 408 g/mol. The zero-order valence-electron chi connectivity index (χ0n) is 17.0. The highest BCUT2D eigenvalue weighted by atomic mass is 16.6. The summed E-state index contributed by atoms with van der Waals surface area (Å²) in [4.78, 5) is 24.7. The number of methoxy groups -OCH3 is 1. The molecule has 0 saturated heterocycles. The Morgan fingerprint density at radius 3 is 2.70 bits per heavy atom. The van der Waals surface area contributed by atoms with Gasteiger partial charge in [-0.25, -0.2) is 4.79 Å². The van der Waals surface area contributed by atoms with Gasteiger partial charge in [0.25, 0.3) is 5.91 Å². The summed E-state index contributed by atoms with van der Waals surface area (Å²) < 4.78 is 15.6. The van der Waals surface area contributed by atoms with Crippen molar-refractivity contribution in [1.82, 2.24) is 5.32 Å². The minimum Gasteiger partial charge on any atom is -0.493 e. The average molecular weight is 408 g/mol. The number of rotatable bonds is 6. The first-order valence-electron chi connectivity index (χ1n) is 9.88. The molecule has 0 aliphatic heterocycles. The van der Waals surface area contributed by atoms with Gasteiger partial charge in [-0.3, -0.25) is 4.79 Å². The highest BCUT2D eigenvalue weighted by Gasteiger charge is 2.24. The molecular formula is C23H24N2O5. The Bertz CT molecular complexity index is 972. The number of furan rings is 1. The van der Waals surface area contributed by atoms with Crippen LogP contribution in [0.1, 0.15) is 48.7 Å². The molecule has 1 aromatic heterocycles. The fourth-order valence-electron chi connectivity index (χ4n) is 3.50. The maximum Gasteiger partial charge on any atom is 0.379 e. The first kappa shape index (κ1) is 21.2. The molecule has 1 aliphatic carbocycles. The maximum atomic E-state index is 12.6. The molecule has 30 heavy (non-hydrogen) atoms. The first-order valence-corrected chi connectivity index (χ1v) is 9.88. The number of nitrogens with zero attached hydrogens (tertiary/aromatic N) is 1. The summed E-state index contributed by atoms with van der Waals surface area (Å²) in [6, 6.07) is 9.92. The SMILES string of the molecule is COc1cc(/C=C(\C#N)C(=O)N[C@H]2CCCC[C@@H]2C)ccc1OC(=O)c1ccco1. The van der Waals surface area contributed by atoms with Crippen molar-refractivity contribution in [3.63, 3.8) is 0 Å². The molecule has 2 atom stereocenters. The summed E-state index contributed by atoms with van der Waals surface area (Å²) in [5, 5.41) is 12.4. The highest BCUT2D eigenvalue weighted by Crippen LogP contribution is 2.30. The molecule has 2 aromatic rings. The molecule has 0 spiro atoms. The summed E-state index contributed by atoms with van der Waals surface area (Å²) in [5.41, 5.74) is 0.586. The number of ether oxygens (including phenoxy) is 2. The lowest BCUT2D eigenvalue weighted by atomic mass is 9.86. The van der Waals surface area contributed by atoms with Crippen LogP contribution in [0.5, 0.6) is 11.5 Å². The second-order valence-corrected chi connectivity index (χ2v) is 7.29. The lowest BCUT2D eigenvalue weighted by molar-refractivity contribution is -0.118. The lowest BCUT2D eigenvalue weighted by Crippen LogP contribution is -2.41. The zero-order valence-corrected chi connectivity index (χ0v) is 17.0. The number of benzene rings is 1. The van der Waals surface area contributed by atoms with Gasteiger partial charge in [0.1, 0.15) is 11.6 Å². The standard InChI is InChI=1S/C23H24N2O5/c1-15-6-3-4-7-18(15)25-22(26)17(14-24)12-16-9-10-19(21(13-16)28-2)30-23(27)20-8-5-11-29-20/h5,8-13,15,18H,3-4,6-7H2,1-2H3,(H,25,26)/b17-12+/t15-,18-/m0/s1. The lowest BCUT2D eigenvalue weighted by Gasteiger charge is -2.29. The molecule has 156 valence electrons. The van der Waals surface area contributed by atoms with E-state index in [0.717, 1.165) is 19.3 Å². The van der Waals surface area contributed by atoms with Crippen LogP contribution in [0.25, 0.3) is 6.08 Å². The molecule has 0 unspecified atom stereocenters. The van der Waals surface area contributed by atoms with E-state index >= 15 is 0 Å². The molecule has 1 N–H and O–H groups in total. The summed E-state index contributed by atoms with van der Waals surface area (Å²) in [6.45, 7) is 2.12. The van der Waals surface area contributed by atoms with Crippen molar-refractivity contribution < 1.29 is 23.5 Å². The maximum absolute atomic E-state index is 12.6. The summed E-state index contributed by atoms with van der Waals surface area (Å²) >= 11 is 0. The Labute approximate surface area is 175 Å². The number of esters is 1. The Morgan fingerprint density at radius 1 is 1.23 bits per heavy atom. The van der Waals surface area contributed by atoms with Crippen LogP contribution in [-0.4, -0.2) is 25.0 Å². The van der Waals surface area contributed by atoms with Gasteiger partial charge in [0, 0.05) is 6.04 Å². The van der Waals surface area contributed by atoms with Crippen LogP contribution < -0.4 is 14.8 Å². The second-order valence-electron chi connectivity index (χ2n) is 7.29. The zero-order chi connectivity index (χ0) is 21.5. The van der Waals surface area contributed by atoms with Gasteiger partial charge in [-0.15, -0.1) is 0 Å². The van der Waals surface area contributed by atoms with Crippen molar-refractivity contribution in [1.29, 1.82) is 5.26 Å². The van der Waals surface area contributed by atoms with Gasteiger partial charge in [-0.2, -0.15) is 5.26 Å². The van der Waals surface area contributed by atoms with Crippen molar-refractivity contribution >= 4 is 18.0 Å². The number of nitrogens with one attached hydrogen (secondary N) is 1. The van der Waals surface area contributed by atoms with Crippen molar-refractivity contribution in [2.75, 3.05) is 7.11 Å². The van der Waals surface area contributed by atoms with E-state index in [-0.39, 0.29) is 29.0 Å². The molecule has 1 aromatic carbocycles. The van der Waals surface area contributed by atoms with Gasteiger partial charge in [0.05, 0.1) is 13.4 Å². The van der Waals surface area contributed by atoms with Crippen LogP contribution in [-0.2, 0) is 4.79 Å². The number of hydrogen-bond donors (Lipinski definition) is 1. The molecule has 1 fully saturated rings. The van der Waals surface area contributed by atoms with Crippen LogP contribution in [0, 0.1) is 17.2 Å². The van der Waals surface area contributed by atoms with E-state index in [1.54, 1.807) is 24.3 Å². The Kier molecular flexibility index (Phi) is 6.91. The van der Waals surface area contributed by atoms with E-state index < -0.39 is 5.97 Å². The van der Waals surface area contributed by atoms with Crippen molar-refractivity contribution in [3.8, 4) is 17.6 Å². The Morgan fingerprint density at radius 2 is 2.03 bits per heavy atom. The molecule has 1 heterocycles. The number of carbonyl (C=O) groups is 2. The number of carbonyl (C=O) groups excluding carboxylic acids is 2. The van der Waals surface area contributed by atoms with Gasteiger partial charge >= 0.3 is 5.97 Å². The topological polar surface area (TPSA) is 102 Å². The largest absolute Gasteiger partial charge is 0.493 e. The quantitative estimate of drug-likeness (QED) is 0.334. The van der Waals surface area contributed by atoms with Gasteiger partial charge < -0.3 is 19.2 Å². The third kappa shape index (κ3) is 5.09. The van der Waals surface area contributed by atoms with E-state index in [9.17, 15) is 14.9 Å². The minimum absolute atomic E-state index is 0.00940. The van der Waals surface area contributed by atoms with Crippen molar-refractivity contribution in [2.24, 2.45) is 5.92 Å². The summed E-state index contributed by atoms with van der Waals surface area (Å²) in [5.74, 6) is -0.0756. The van der Waals surface area contributed by atoms with E-state index in [2.05, 4.69) is 12.2 Å². The first-order chi connectivity index (χ1) is 14.5. The fraction of sp³-hybridized carbons (Fsp3) is 0.348. The minimum atomic E-state index is -0.653. The molecule has 0 bridgehead atoms. The average Bonchev–Trinajstić information content (AvgIpc) is 3.29. The van der Waals surface area contributed by atoms with Crippen LogP contribution in [0.2, 0.25) is 0 Å². The number of nitriles is 1. The van der Waals surface area contributed by atoms with Crippen LogP contribution in [0.3, 0.4) is 0 Å². The normalized spacial score (nSPS) is 18.9. The van der Waals surface area contributed by atoms with Gasteiger partial charge in [-0.05, 0) is 54.7 Å². The molecular weight excluding hydrogens is 384 g/mol. The molecule has 7 heteroatoms. The van der Waals surface area contributed by atoms with Crippen LogP contribution >= 0.6 is 0 Å². The Balaban J connectivity index is 1.75. The molecule has 1 aliphatic rings. The van der Waals surface area contributed by atoms with E-state index in [1.807, 2.05) is 6.07 Å². The molecule has 1 amide bonds. The third-order valence-corrected chi connectivity index (χ3v) is 5.22. The highest BCUT2D eigenvalue weighted by molar-refractivity contribution is 6.02. The third-order valence-electron chi connectivity index (χ3n) is 5.22. The van der Waals surface area contributed by atoms with Crippen LogP contribution in [0.15, 0.2) is 46.6 Å². The van der Waals surface area contributed by atoms with E-state index in [0.29, 0.717) is 17.2 Å². The molecule has 3 rings (SSSR count). The van der Waals surface area contributed by atoms with Gasteiger partial charge in [0.15, 0.2) is 11.5 Å². The van der Waals surface area contributed by atoms with Crippen molar-refractivity contribution in [3.05, 3.63) is 53.5 Å². The fourth-order valence-corrected chi connectivity index (χ4v) is 3.50. The number of hydrogen-bond acceptors (Lipinski definition) is 6. The van der Waals surface area contributed by atoms with E-state index in [1.165, 1.54) is 31.9 Å². The Hall–Kier alpha value is -3.53. The number of amides is 1. The van der Waals surface area contributed by atoms with Gasteiger partial charge in [0.2, 0.25) is 5.76 Å². The molecule has 7 nitrogen and oxygen atoms in total. The molecule has 0 radical (unpaired) electrons. The molecule has 1 saturated carbocycles. The van der Waals surface area contributed by atoms with Gasteiger partial charge in [-0.1, -0.05) is 25.8 Å². The predicted molar refractivity (Wildman–Crippen MR) is 110 cm³/mol. The summed E-state index contributed by atoms with van der Waals surface area (Å²) in [6.07, 6.45) is 7.12. The van der Waals surface area contributed by atoms with Crippen LogP contribution in [0.4, 0.5) is 0 Å². The summed E-state index contributed by atoms with van der Waals surface area (Å²) in [7, 11) is 1.44. The van der Waals surface area contributed by atoms with E-state index in [4.69, 9.17) is 13.9 Å². The van der Waals surface area contributed by atoms with Crippen molar-refractivity contribution in [2.45, 2.75) is 38.6 Å².